The molecule has 1 aliphatic carbocycles. The molecule has 4 rings (SSSR count). The number of esters is 1. The number of carbonyl (C=O) groups excluding carboxylic acids is 2. The maximum absolute atomic E-state index is 13.2. The van der Waals surface area contributed by atoms with E-state index in [4.69, 9.17) is 4.74 Å². The molecule has 0 saturated heterocycles. The van der Waals surface area contributed by atoms with Gasteiger partial charge >= 0.3 is 5.97 Å². The standard InChI is InChI=1S/C25H27NO3S/c1-16-21(24(28)29-11-9-17-7-5-4-6-8-17)22(18-10-12-30-15-18)23-19(26-16)13-25(2,3)14-20(23)27/h4-8,10,12,15,21-22,26H,1,9,11,13-14H2,2-3H3. The summed E-state index contributed by atoms with van der Waals surface area (Å²) >= 11 is 1.57. The third kappa shape index (κ3) is 4.12. The van der Waals surface area contributed by atoms with Crippen molar-refractivity contribution < 1.29 is 14.3 Å². The maximum atomic E-state index is 13.2. The molecule has 2 heterocycles. The van der Waals surface area contributed by atoms with E-state index in [2.05, 4.69) is 25.7 Å². The number of benzene rings is 1. The van der Waals surface area contributed by atoms with E-state index in [0.717, 1.165) is 28.8 Å². The van der Waals surface area contributed by atoms with Crippen molar-refractivity contribution in [1.29, 1.82) is 0 Å². The van der Waals surface area contributed by atoms with Crippen LogP contribution in [0.15, 0.2) is 70.7 Å². The van der Waals surface area contributed by atoms with Crippen LogP contribution >= 0.6 is 11.3 Å². The van der Waals surface area contributed by atoms with E-state index >= 15 is 0 Å². The van der Waals surface area contributed by atoms with Crippen molar-refractivity contribution in [1.82, 2.24) is 5.32 Å². The summed E-state index contributed by atoms with van der Waals surface area (Å²) in [5.41, 5.74) is 4.24. The van der Waals surface area contributed by atoms with Crippen LogP contribution in [0.5, 0.6) is 0 Å². The quantitative estimate of drug-likeness (QED) is 0.691. The maximum Gasteiger partial charge on any atom is 0.315 e. The van der Waals surface area contributed by atoms with Crippen LogP contribution in [0.25, 0.3) is 0 Å². The topological polar surface area (TPSA) is 55.4 Å². The zero-order chi connectivity index (χ0) is 21.3. The summed E-state index contributed by atoms with van der Waals surface area (Å²) in [5, 5.41) is 7.30. The molecule has 0 fully saturated rings. The highest BCUT2D eigenvalue weighted by Crippen LogP contribution is 2.48. The average molecular weight is 422 g/mol. The molecule has 2 atom stereocenters. The van der Waals surface area contributed by atoms with Crippen molar-refractivity contribution in [3.8, 4) is 0 Å². The van der Waals surface area contributed by atoms with Gasteiger partial charge in [-0.25, -0.2) is 0 Å². The SMILES string of the molecule is C=C1NC2=C(C(=O)CC(C)(C)C2)C(c2ccsc2)C1C(=O)OCCc1ccccc1. The first-order chi connectivity index (χ1) is 14.4. The zero-order valence-electron chi connectivity index (χ0n) is 17.4. The molecule has 1 aromatic heterocycles. The Kier molecular flexibility index (Phi) is 5.65. The fourth-order valence-electron chi connectivity index (χ4n) is 4.54. The van der Waals surface area contributed by atoms with Crippen LogP contribution < -0.4 is 5.32 Å². The number of ether oxygens (including phenoxy) is 1. The number of rotatable bonds is 5. The van der Waals surface area contributed by atoms with Crippen molar-refractivity contribution in [2.45, 2.75) is 39.0 Å². The van der Waals surface area contributed by atoms with Gasteiger partial charge < -0.3 is 10.1 Å². The van der Waals surface area contributed by atoms with E-state index in [1.165, 1.54) is 0 Å². The second-order valence-electron chi connectivity index (χ2n) is 8.90. The molecule has 2 aromatic rings. The number of allylic oxidation sites excluding steroid dienone is 2. The highest BCUT2D eigenvalue weighted by atomic mass is 32.1. The molecule has 1 N–H and O–H groups in total. The van der Waals surface area contributed by atoms with E-state index in [1.807, 2.05) is 47.2 Å². The van der Waals surface area contributed by atoms with Gasteiger partial charge in [-0.1, -0.05) is 50.8 Å². The highest BCUT2D eigenvalue weighted by molar-refractivity contribution is 7.08. The minimum Gasteiger partial charge on any atom is -0.465 e. The van der Waals surface area contributed by atoms with E-state index < -0.39 is 5.92 Å². The van der Waals surface area contributed by atoms with Gasteiger partial charge in [-0.3, -0.25) is 9.59 Å². The van der Waals surface area contributed by atoms with Gasteiger partial charge in [0.25, 0.3) is 0 Å². The predicted molar refractivity (Wildman–Crippen MR) is 119 cm³/mol. The van der Waals surface area contributed by atoms with Crippen molar-refractivity contribution in [3.05, 3.63) is 81.8 Å². The Balaban J connectivity index is 1.60. The third-order valence-electron chi connectivity index (χ3n) is 5.89. The number of ketones is 1. The molecule has 1 aromatic carbocycles. The largest absolute Gasteiger partial charge is 0.465 e. The lowest BCUT2D eigenvalue weighted by atomic mass is 9.67. The Hall–Kier alpha value is -2.66. The molecule has 1 aliphatic heterocycles. The van der Waals surface area contributed by atoms with Crippen LogP contribution in [-0.2, 0) is 20.7 Å². The van der Waals surface area contributed by atoms with Gasteiger partial charge in [0.1, 0.15) is 5.92 Å². The molecule has 2 aliphatic rings. The van der Waals surface area contributed by atoms with Gasteiger partial charge in [-0.15, -0.1) is 0 Å². The van der Waals surface area contributed by atoms with Crippen LogP contribution in [0.2, 0.25) is 0 Å². The Morgan fingerprint density at radius 1 is 1.23 bits per heavy atom. The number of thiophene rings is 1. The summed E-state index contributed by atoms with van der Waals surface area (Å²) in [6.07, 6.45) is 1.91. The van der Waals surface area contributed by atoms with Crippen molar-refractivity contribution in [3.63, 3.8) is 0 Å². The third-order valence-corrected chi connectivity index (χ3v) is 6.59. The molecule has 2 unspecified atom stereocenters. The van der Waals surface area contributed by atoms with Crippen molar-refractivity contribution in [2.24, 2.45) is 11.3 Å². The Labute approximate surface area is 181 Å². The molecular weight excluding hydrogens is 394 g/mol. The Bertz CT molecular complexity index is 989. The first kappa shape index (κ1) is 20.6. The fraction of sp³-hybridized carbons (Fsp3) is 0.360. The van der Waals surface area contributed by atoms with Crippen molar-refractivity contribution >= 4 is 23.1 Å². The van der Waals surface area contributed by atoms with Crippen LogP contribution in [0.4, 0.5) is 0 Å². The van der Waals surface area contributed by atoms with Gasteiger partial charge in [0, 0.05) is 35.7 Å². The number of Topliss-reactive ketones (excluding diaryl/α,β-unsaturated/α-hetero) is 1. The van der Waals surface area contributed by atoms with Crippen LogP contribution in [0, 0.1) is 11.3 Å². The summed E-state index contributed by atoms with van der Waals surface area (Å²) < 4.78 is 5.67. The van der Waals surface area contributed by atoms with E-state index in [0.29, 0.717) is 25.1 Å². The molecule has 0 spiro atoms. The van der Waals surface area contributed by atoms with Gasteiger partial charge in [0.2, 0.25) is 0 Å². The smallest absolute Gasteiger partial charge is 0.315 e. The van der Waals surface area contributed by atoms with Gasteiger partial charge in [-0.05, 0) is 39.8 Å². The monoisotopic (exact) mass is 421 g/mol. The molecule has 4 nitrogen and oxygen atoms in total. The molecule has 30 heavy (non-hydrogen) atoms. The molecule has 0 radical (unpaired) electrons. The molecular formula is C25H27NO3S. The number of carbonyl (C=O) groups is 2. The summed E-state index contributed by atoms with van der Waals surface area (Å²) in [6.45, 7) is 8.65. The lowest BCUT2D eigenvalue weighted by Gasteiger charge is -2.42. The second-order valence-corrected chi connectivity index (χ2v) is 9.68. The summed E-state index contributed by atoms with van der Waals surface area (Å²) in [4.78, 5) is 26.3. The lowest BCUT2D eigenvalue weighted by molar-refractivity contribution is -0.147. The van der Waals surface area contributed by atoms with Gasteiger partial charge in [-0.2, -0.15) is 11.3 Å². The minimum absolute atomic E-state index is 0.106. The molecule has 156 valence electrons. The highest BCUT2D eigenvalue weighted by Gasteiger charge is 2.46. The van der Waals surface area contributed by atoms with E-state index in [9.17, 15) is 9.59 Å². The first-order valence-electron chi connectivity index (χ1n) is 10.3. The zero-order valence-corrected chi connectivity index (χ0v) is 18.3. The molecule has 0 bridgehead atoms. The average Bonchev–Trinajstić information content (AvgIpc) is 3.21. The Morgan fingerprint density at radius 3 is 2.70 bits per heavy atom. The fourth-order valence-corrected chi connectivity index (χ4v) is 5.24. The summed E-state index contributed by atoms with van der Waals surface area (Å²) in [6, 6.07) is 11.9. The lowest BCUT2D eigenvalue weighted by Crippen LogP contribution is -2.43. The number of nitrogens with one attached hydrogen (secondary N) is 1. The molecule has 0 saturated carbocycles. The number of hydrogen-bond donors (Lipinski definition) is 1. The van der Waals surface area contributed by atoms with Crippen molar-refractivity contribution in [2.75, 3.05) is 6.61 Å². The second kappa shape index (κ2) is 8.23. The molecule has 0 amide bonds. The van der Waals surface area contributed by atoms with Gasteiger partial charge in [0.15, 0.2) is 5.78 Å². The van der Waals surface area contributed by atoms with E-state index in [-0.39, 0.29) is 23.1 Å². The summed E-state index contributed by atoms with van der Waals surface area (Å²) in [5.74, 6) is -1.17. The predicted octanol–water partition coefficient (Wildman–Crippen LogP) is 4.99. The van der Waals surface area contributed by atoms with E-state index in [1.54, 1.807) is 11.3 Å². The number of hydrogen-bond acceptors (Lipinski definition) is 5. The summed E-state index contributed by atoms with van der Waals surface area (Å²) in [7, 11) is 0. The van der Waals surface area contributed by atoms with Gasteiger partial charge in [0.05, 0.1) is 6.61 Å². The van der Waals surface area contributed by atoms with Crippen LogP contribution in [0.3, 0.4) is 0 Å². The Morgan fingerprint density at radius 2 is 2.00 bits per heavy atom. The van der Waals surface area contributed by atoms with Crippen LogP contribution in [-0.4, -0.2) is 18.4 Å². The minimum atomic E-state index is -0.612. The molecule has 5 heteroatoms. The first-order valence-corrected chi connectivity index (χ1v) is 11.2. The van der Waals surface area contributed by atoms with Crippen LogP contribution in [0.1, 0.15) is 43.7 Å². The normalized spacial score (nSPS) is 23.0.